The van der Waals surface area contributed by atoms with E-state index < -0.39 is 10.0 Å². The number of hydrogen-bond acceptors (Lipinski definition) is 4. The summed E-state index contributed by atoms with van der Waals surface area (Å²) in [5.41, 5.74) is 6.37. The summed E-state index contributed by atoms with van der Waals surface area (Å²) in [6, 6.07) is 6.51. The third-order valence-electron chi connectivity index (χ3n) is 2.14. The Morgan fingerprint density at radius 2 is 1.81 bits per heavy atom. The van der Waals surface area contributed by atoms with Gasteiger partial charge in [0.1, 0.15) is 0 Å². The van der Waals surface area contributed by atoms with E-state index in [0.717, 1.165) is 18.5 Å². The van der Waals surface area contributed by atoms with Crippen LogP contribution in [0.4, 0.5) is 0 Å². The van der Waals surface area contributed by atoms with E-state index in [-0.39, 0.29) is 4.90 Å². The molecule has 0 atom stereocenters. The Bertz CT molecular complexity index is 414. The fourth-order valence-electron chi connectivity index (χ4n) is 1.26. The van der Waals surface area contributed by atoms with Crippen LogP contribution >= 0.6 is 0 Å². The Balaban J connectivity index is 2.52. The van der Waals surface area contributed by atoms with E-state index in [1.807, 2.05) is 0 Å². The number of benzene rings is 1. The summed E-state index contributed by atoms with van der Waals surface area (Å²) >= 11 is 0. The zero-order chi connectivity index (χ0) is 12.0. The highest BCUT2D eigenvalue weighted by Crippen LogP contribution is 2.08. The third kappa shape index (κ3) is 4.28. The molecule has 1 rings (SSSR count). The highest BCUT2D eigenvalue weighted by Gasteiger charge is 2.06. The molecule has 0 saturated carbocycles. The molecule has 5 nitrogen and oxygen atoms in total. The van der Waals surface area contributed by atoms with E-state index in [0.29, 0.717) is 13.1 Å². The van der Waals surface area contributed by atoms with E-state index in [1.165, 1.54) is 12.1 Å². The van der Waals surface area contributed by atoms with E-state index >= 15 is 0 Å². The first-order valence-electron chi connectivity index (χ1n) is 5.06. The molecule has 5 N–H and O–H groups in total. The van der Waals surface area contributed by atoms with Crippen molar-refractivity contribution < 1.29 is 8.42 Å². The lowest BCUT2D eigenvalue weighted by atomic mass is 10.2. The first kappa shape index (κ1) is 13.1. The Labute approximate surface area is 95.9 Å². The molecule has 0 heterocycles. The molecule has 6 heteroatoms. The molecule has 0 radical (unpaired) electrons. The number of sulfonamides is 1. The number of nitrogens with two attached hydrogens (primary N) is 2. The standard InChI is InChI=1S/C10H17N3O2S/c11-6-1-7-13-8-9-2-4-10(5-3-9)16(12,14)15/h2-5,13H,1,6-8,11H2,(H2,12,14,15). The minimum absolute atomic E-state index is 0.137. The molecule has 0 aromatic heterocycles. The lowest BCUT2D eigenvalue weighted by Crippen LogP contribution is -2.18. The zero-order valence-corrected chi connectivity index (χ0v) is 9.83. The van der Waals surface area contributed by atoms with Crippen LogP contribution in [0.2, 0.25) is 0 Å². The first-order valence-corrected chi connectivity index (χ1v) is 6.61. The fourth-order valence-corrected chi connectivity index (χ4v) is 1.77. The summed E-state index contributed by atoms with van der Waals surface area (Å²) in [6.45, 7) is 2.22. The van der Waals surface area contributed by atoms with E-state index in [2.05, 4.69) is 5.32 Å². The molecule has 0 bridgehead atoms. The van der Waals surface area contributed by atoms with Gasteiger partial charge in [0.15, 0.2) is 0 Å². The largest absolute Gasteiger partial charge is 0.330 e. The molecule has 0 spiro atoms. The lowest BCUT2D eigenvalue weighted by Gasteiger charge is -2.04. The molecule has 0 aliphatic rings. The summed E-state index contributed by atoms with van der Waals surface area (Å²) in [7, 11) is -3.59. The van der Waals surface area contributed by atoms with Gasteiger partial charge in [0, 0.05) is 6.54 Å². The van der Waals surface area contributed by atoms with Gasteiger partial charge in [0.05, 0.1) is 4.90 Å². The Morgan fingerprint density at radius 1 is 1.19 bits per heavy atom. The van der Waals surface area contributed by atoms with Crippen molar-refractivity contribution in [2.75, 3.05) is 13.1 Å². The SMILES string of the molecule is NCCCNCc1ccc(S(N)(=O)=O)cc1. The molecule has 1 aromatic rings. The van der Waals surface area contributed by atoms with Crippen LogP contribution in [-0.2, 0) is 16.6 Å². The maximum atomic E-state index is 11.0. The summed E-state index contributed by atoms with van der Waals surface area (Å²) in [4.78, 5) is 0.137. The van der Waals surface area contributed by atoms with Gasteiger partial charge in [-0.05, 0) is 37.2 Å². The van der Waals surface area contributed by atoms with Crippen LogP contribution in [0.15, 0.2) is 29.2 Å². The minimum Gasteiger partial charge on any atom is -0.330 e. The second-order valence-electron chi connectivity index (χ2n) is 3.51. The van der Waals surface area contributed by atoms with E-state index in [1.54, 1.807) is 12.1 Å². The summed E-state index contributed by atoms with van der Waals surface area (Å²) in [6.07, 6.45) is 0.926. The van der Waals surface area contributed by atoms with Crippen molar-refractivity contribution in [1.29, 1.82) is 0 Å². The van der Waals surface area contributed by atoms with E-state index in [9.17, 15) is 8.42 Å². The van der Waals surface area contributed by atoms with Gasteiger partial charge in [0.25, 0.3) is 0 Å². The van der Waals surface area contributed by atoms with Crippen molar-refractivity contribution in [3.63, 3.8) is 0 Å². The van der Waals surface area contributed by atoms with Crippen LogP contribution in [0.1, 0.15) is 12.0 Å². The molecule has 1 aromatic carbocycles. The topological polar surface area (TPSA) is 98.2 Å². The van der Waals surface area contributed by atoms with Crippen LogP contribution in [0, 0.1) is 0 Å². The van der Waals surface area contributed by atoms with Gasteiger partial charge >= 0.3 is 0 Å². The Kier molecular flexibility index (Phi) is 4.88. The maximum absolute atomic E-state index is 11.0. The fraction of sp³-hybridized carbons (Fsp3) is 0.400. The molecule has 0 aliphatic carbocycles. The normalized spacial score (nSPS) is 11.6. The van der Waals surface area contributed by atoms with Gasteiger partial charge in [-0.1, -0.05) is 12.1 Å². The number of hydrogen-bond donors (Lipinski definition) is 3. The molecule has 0 amide bonds. The van der Waals surface area contributed by atoms with Gasteiger partial charge in [-0.15, -0.1) is 0 Å². The maximum Gasteiger partial charge on any atom is 0.238 e. The van der Waals surface area contributed by atoms with Crippen molar-refractivity contribution in [2.24, 2.45) is 10.9 Å². The third-order valence-corrected chi connectivity index (χ3v) is 3.07. The van der Waals surface area contributed by atoms with Gasteiger partial charge in [-0.2, -0.15) is 0 Å². The van der Waals surface area contributed by atoms with Crippen molar-refractivity contribution in [3.8, 4) is 0 Å². The number of rotatable bonds is 6. The molecular weight excluding hydrogens is 226 g/mol. The summed E-state index contributed by atoms with van der Waals surface area (Å²) < 4.78 is 22.0. The molecule has 0 fully saturated rings. The van der Waals surface area contributed by atoms with Crippen LogP contribution in [0.3, 0.4) is 0 Å². The lowest BCUT2D eigenvalue weighted by molar-refractivity contribution is 0.597. The Morgan fingerprint density at radius 3 is 2.31 bits per heavy atom. The summed E-state index contributed by atoms with van der Waals surface area (Å²) in [5, 5.41) is 8.19. The van der Waals surface area contributed by atoms with E-state index in [4.69, 9.17) is 10.9 Å². The molecule has 16 heavy (non-hydrogen) atoms. The van der Waals surface area contributed by atoms with Crippen LogP contribution in [-0.4, -0.2) is 21.5 Å². The zero-order valence-electron chi connectivity index (χ0n) is 9.02. The first-order chi connectivity index (χ1) is 7.54. The number of primary sulfonamides is 1. The molecular formula is C10H17N3O2S. The van der Waals surface area contributed by atoms with Gasteiger partial charge in [-0.25, -0.2) is 13.6 Å². The van der Waals surface area contributed by atoms with Gasteiger partial charge in [-0.3, -0.25) is 0 Å². The second-order valence-corrected chi connectivity index (χ2v) is 5.07. The molecule has 0 aliphatic heterocycles. The van der Waals surface area contributed by atoms with Gasteiger partial charge in [0.2, 0.25) is 10.0 Å². The molecule has 0 unspecified atom stereocenters. The average molecular weight is 243 g/mol. The van der Waals surface area contributed by atoms with Crippen LogP contribution in [0.5, 0.6) is 0 Å². The van der Waals surface area contributed by atoms with Crippen molar-refractivity contribution in [2.45, 2.75) is 17.9 Å². The van der Waals surface area contributed by atoms with Crippen molar-refractivity contribution in [3.05, 3.63) is 29.8 Å². The predicted octanol–water partition coefficient (Wildman–Crippen LogP) is -0.228. The van der Waals surface area contributed by atoms with Crippen LogP contribution in [0.25, 0.3) is 0 Å². The predicted molar refractivity (Wildman–Crippen MR) is 63.2 cm³/mol. The quantitative estimate of drug-likeness (QED) is 0.601. The monoisotopic (exact) mass is 243 g/mol. The summed E-state index contributed by atoms with van der Waals surface area (Å²) in [5.74, 6) is 0. The minimum atomic E-state index is -3.59. The highest BCUT2D eigenvalue weighted by molar-refractivity contribution is 7.89. The Hall–Kier alpha value is -0.950. The smallest absolute Gasteiger partial charge is 0.238 e. The van der Waals surface area contributed by atoms with Crippen molar-refractivity contribution >= 4 is 10.0 Å². The number of nitrogens with one attached hydrogen (secondary N) is 1. The van der Waals surface area contributed by atoms with Gasteiger partial charge < -0.3 is 11.1 Å². The molecule has 90 valence electrons. The van der Waals surface area contributed by atoms with Crippen LogP contribution < -0.4 is 16.2 Å². The van der Waals surface area contributed by atoms with Crippen molar-refractivity contribution in [1.82, 2.24) is 5.32 Å². The second kappa shape index (κ2) is 5.95. The average Bonchev–Trinajstić information content (AvgIpc) is 2.24. The molecule has 0 saturated heterocycles. The highest BCUT2D eigenvalue weighted by atomic mass is 32.2.